The molecule has 0 radical (unpaired) electrons. The Labute approximate surface area is 111 Å². The second-order valence-electron chi connectivity index (χ2n) is 4.65. The fourth-order valence-corrected chi connectivity index (χ4v) is 2.10. The number of halogens is 2. The predicted octanol–water partition coefficient (Wildman–Crippen LogP) is 2.51. The van der Waals surface area contributed by atoms with Gasteiger partial charge < -0.3 is 5.32 Å². The van der Waals surface area contributed by atoms with Crippen LogP contribution in [0.4, 0.5) is 8.78 Å². The van der Waals surface area contributed by atoms with E-state index in [0.29, 0.717) is 17.5 Å². The van der Waals surface area contributed by atoms with Crippen LogP contribution in [0.5, 0.6) is 0 Å². The summed E-state index contributed by atoms with van der Waals surface area (Å²) in [7, 11) is 3.59. The number of aromatic nitrogens is 2. The van der Waals surface area contributed by atoms with E-state index in [-0.39, 0.29) is 6.04 Å². The molecule has 19 heavy (non-hydrogen) atoms. The van der Waals surface area contributed by atoms with Gasteiger partial charge in [-0.05, 0) is 31.7 Å². The molecule has 0 fully saturated rings. The fourth-order valence-electron chi connectivity index (χ4n) is 2.10. The summed E-state index contributed by atoms with van der Waals surface area (Å²) in [6.45, 7) is 1.63. The van der Waals surface area contributed by atoms with Crippen molar-refractivity contribution in [2.45, 2.75) is 19.4 Å². The topological polar surface area (TPSA) is 29.9 Å². The van der Waals surface area contributed by atoms with Crippen molar-refractivity contribution >= 4 is 0 Å². The molecule has 0 saturated heterocycles. The lowest BCUT2D eigenvalue weighted by Gasteiger charge is -2.17. The average Bonchev–Trinajstić information content (AvgIpc) is 2.77. The maximum atomic E-state index is 13.9. The summed E-state index contributed by atoms with van der Waals surface area (Å²) in [5, 5.41) is 7.33. The molecular weight excluding hydrogens is 248 g/mol. The number of rotatable bonds is 4. The lowest BCUT2D eigenvalue weighted by molar-refractivity contribution is 0.514. The van der Waals surface area contributed by atoms with E-state index >= 15 is 0 Å². The summed E-state index contributed by atoms with van der Waals surface area (Å²) < 4.78 is 28.9. The molecule has 2 aromatic rings. The van der Waals surface area contributed by atoms with Gasteiger partial charge in [0.25, 0.3) is 0 Å². The zero-order valence-corrected chi connectivity index (χ0v) is 11.2. The van der Waals surface area contributed by atoms with Gasteiger partial charge in [-0.25, -0.2) is 8.78 Å². The number of hydrogen-bond acceptors (Lipinski definition) is 2. The van der Waals surface area contributed by atoms with E-state index in [2.05, 4.69) is 10.4 Å². The molecule has 0 bridgehead atoms. The molecule has 0 spiro atoms. The van der Waals surface area contributed by atoms with Crippen LogP contribution in [0.3, 0.4) is 0 Å². The molecule has 1 aromatic heterocycles. The third-order valence-corrected chi connectivity index (χ3v) is 3.18. The molecule has 2 rings (SSSR count). The van der Waals surface area contributed by atoms with E-state index in [4.69, 9.17) is 0 Å². The first-order chi connectivity index (χ1) is 9.01. The highest BCUT2D eigenvalue weighted by Crippen LogP contribution is 2.23. The maximum absolute atomic E-state index is 13.9. The maximum Gasteiger partial charge on any atom is 0.130 e. The zero-order valence-electron chi connectivity index (χ0n) is 11.2. The number of likely N-dealkylation sites (N-methyl/N-ethyl adjacent to an activating group) is 1. The van der Waals surface area contributed by atoms with Crippen molar-refractivity contribution in [3.8, 4) is 0 Å². The molecule has 1 aromatic carbocycles. The summed E-state index contributed by atoms with van der Waals surface area (Å²) in [5.41, 5.74) is 1.77. The summed E-state index contributed by atoms with van der Waals surface area (Å²) in [6.07, 6.45) is 2.40. The van der Waals surface area contributed by atoms with Gasteiger partial charge in [-0.2, -0.15) is 5.10 Å². The van der Waals surface area contributed by atoms with Gasteiger partial charge in [0.2, 0.25) is 0 Å². The molecule has 3 nitrogen and oxygen atoms in total. The number of hydrogen-bond donors (Lipinski definition) is 1. The molecule has 0 amide bonds. The highest BCUT2D eigenvalue weighted by atomic mass is 19.1. The van der Waals surface area contributed by atoms with Crippen molar-refractivity contribution in [3.05, 3.63) is 52.9 Å². The minimum Gasteiger partial charge on any atom is -0.313 e. The first kappa shape index (κ1) is 13.7. The second-order valence-corrected chi connectivity index (χ2v) is 4.65. The SMILES string of the molecule is CNC(Cc1ccn(C)n1)c1cc(C)c(F)cc1F. The van der Waals surface area contributed by atoms with Gasteiger partial charge in [-0.1, -0.05) is 0 Å². The van der Waals surface area contributed by atoms with E-state index in [1.54, 1.807) is 24.7 Å². The molecule has 102 valence electrons. The normalized spacial score (nSPS) is 12.7. The van der Waals surface area contributed by atoms with Gasteiger partial charge in [0.15, 0.2) is 0 Å². The largest absolute Gasteiger partial charge is 0.313 e. The van der Waals surface area contributed by atoms with Gasteiger partial charge >= 0.3 is 0 Å². The Balaban J connectivity index is 2.29. The molecule has 0 saturated carbocycles. The van der Waals surface area contributed by atoms with Crippen LogP contribution in [0.25, 0.3) is 0 Å². The van der Waals surface area contributed by atoms with Gasteiger partial charge in [0, 0.05) is 37.3 Å². The van der Waals surface area contributed by atoms with Crippen LogP contribution in [0.2, 0.25) is 0 Å². The Morgan fingerprint density at radius 1 is 1.32 bits per heavy atom. The molecule has 1 unspecified atom stereocenters. The Morgan fingerprint density at radius 3 is 2.63 bits per heavy atom. The summed E-state index contributed by atoms with van der Waals surface area (Å²) in [4.78, 5) is 0. The molecule has 5 heteroatoms. The van der Waals surface area contributed by atoms with Crippen LogP contribution in [-0.4, -0.2) is 16.8 Å². The molecule has 0 aliphatic carbocycles. The van der Waals surface area contributed by atoms with Crippen LogP contribution in [0, 0.1) is 18.6 Å². The summed E-state index contributed by atoms with van der Waals surface area (Å²) in [6, 6.07) is 4.15. The van der Waals surface area contributed by atoms with Crippen molar-refractivity contribution < 1.29 is 8.78 Å². The quantitative estimate of drug-likeness (QED) is 0.920. The number of benzene rings is 1. The van der Waals surface area contributed by atoms with Crippen LogP contribution in [0.15, 0.2) is 24.4 Å². The van der Waals surface area contributed by atoms with Crippen molar-refractivity contribution in [2.75, 3.05) is 7.05 Å². The van der Waals surface area contributed by atoms with Gasteiger partial charge in [0.1, 0.15) is 11.6 Å². The lowest BCUT2D eigenvalue weighted by Crippen LogP contribution is -2.20. The third-order valence-electron chi connectivity index (χ3n) is 3.18. The molecular formula is C14H17F2N3. The van der Waals surface area contributed by atoms with E-state index in [0.717, 1.165) is 11.8 Å². The van der Waals surface area contributed by atoms with Gasteiger partial charge in [-0.15, -0.1) is 0 Å². The standard InChI is InChI=1S/C14H17F2N3/c1-9-6-11(13(16)8-12(9)15)14(17-2)7-10-4-5-19(3)18-10/h4-6,8,14,17H,7H2,1-3H3. The molecule has 0 aliphatic heterocycles. The summed E-state index contributed by atoms with van der Waals surface area (Å²) in [5.74, 6) is -1.05. The number of nitrogens with one attached hydrogen (secondary N) is 1. The Kier molecular flexibility index (Phi) is 3.95. The van der Waals surface area contributed by atoms with Crippen LogP contribution in [-0.2, 0) is 13.5 Å². The lowest BCUT2D eigenvalue weighted by atomic mass is 9.99. The van der Waals surface area contributed by atoms with Gasteiger partial charge in [-0.3, -0.25) is 4.68 Å². The van der Waals surface area contributed by atoms with E-state index in [1.807, 2.05) is 19.3 Å². The van der Waals surface area contributed by atoms with Crippen molar-refractivity contribution in [1.29, 1.82) is 0 Å². The molecule has 1 atom stereocenters. The van der Waals surface area contributed by atoms with Crippen LogP contribution < -0.4 is 5.32 Å². The van der Waals surface area contributed by atoms with E-state index < -0.39 is 11.6 Å². The zero-order chi connectivity index (χ0) is 14.0. The smallest absolute Gasteiger partial charge is 0.130 e. The van der Waals surface area contributed by atoms with Crippen molar-refractivity contribution in [3.63, 3.8) is 0 Å². The van der Waals surface area contributed by atoms with Crippen LogP contribution >= 0.6 is 0 Å². The van der Waals surface area contributed by atoms with Gasteiger partial charge in [0.05, 0.1) is 5.69 Å². The first-order valence-electron chi connectivity index (χ1n) is 6.12. The highest BCUT2D eigenvalue weighted by molar-refractivity contribution is 5.29. The number of aryl methyl sites for hydroxylation is 2. The molecule has 1 heterocycles. The highest BCUT2D eigenvalue weighted by Gasteiger charge is 2.17. The predicted molar refractivity (Wildman–Crippen MR) is 69.8 cm³/mol. The minimum absolute atomic E-state index is 0.228. The monoisotopic (exact) mass is 265 g/mol. The van der Waals surface area contributed by atoms with E-state index in [9.17, 15) is 8.78 Å². The Morgan fingerprint density at radius 2 is 2.05 bits per heavy atom. The Bertz CT molecular complexity index is 578. The van der Waals surface area contributed by atoms with Crippen molar-refractivity contribution in [2.24, 2.45) is 7.05 Å². The van der Waals surface area contributed by atoms with E-state index in [1.165, 1.54) is 0 Å². The Hall–Kier alpha value is -1.75. The molecule has 0 aliphatic rings. The second kappa shape index (κ2) is 5.48. The third kappa shape index (κ3) is 2.98. The minimum atomic E-state index is -0.529. The fraction of sp³-hybridized carbons (Fsp3) is 0.357. The number of nitrogens with zero attached hydrogens (tertiary/aromatic N) is 2. The molecule has 1 N–H and O–H groups in total. The summed E-state index contributed by atoms with van der Waals surface area (Å²) >= 11 is 0. The van der Waals surface area contributed by atoms with Crippen molar-refractivity contribution in [1.82, 2.24) is 15.1 Å². The van der Waals surface area contributed by atoms with Crippen LogP contribution in [0.1, 0.15) is 22.9 Å². The first-order valence-corrected chi connectivity index (χ1v) is 6.12. The average molecular weight is 265 g/mol.